The average Bonchev–Trinajstić information content (AvgIpc) is 2.47. The van der Waals surface area contributed by atoms with Crippen molar-refractivity contribution in [3.05, 3.63) is 63.0 Å². The summed E-state index contributed by atoms with van der Waals surface area (Å²) in [6, 6.07) is 8.23. The first-order valence-corrected chi connectivity index (χ1v) is 6.68. The fraction of sp³-hybridized carbons (Fsp3) is 0.143. The van der Waals surface area contributed by atoms with Crippen molar-refractivity contribution in [2.45, 2.75) is 12.5 Å². The van der Waals surface area contributed by atoms with Gasteiger partial charge in [0.1, 0.15) is 5.69 Å². The Hall–Kier alpha value is -2.67. The fourth-order valence-electron chi connectivity index (χ4n) is 1.87. The van der Waals surface area contributed by atoms with Crippen LogP contribution in [-0.4, -0.2) is 27.2 Å². The Labute approximate surface area is 129 Å². The first kappa shape index (κ1) is 15.7. The number of carboxylic acids is 1. The molecular formula is C14H12ClN3O4. The number of aromatic nitrogens is 2. The Kier molecular flexibility index (Phi) is 4.90. The molecule has 1 amide bonds. The predicted octanol–water partition coefficient (Wildman–Crippen LogP) is 1.37. The van der Waals surface area contributed by atoms with Crippen molar-refractivity contribution < 1.29 is 14.7 Å². The summed E-state index contributed by atoms with van der Waals surface area (Å²) in [7, 11) is 0. The van der Waals surface area contributed by atoms with Crippen molar-refractivity contribution in [3.8, 4) is 0 Å². The second kappa shape index (κ2) is 6.86. The highest BCUT2D eigenvalue weighted by atomic mass is 35.5. The second-order valence-electron chi connectivity index (χ2n) is 4.45. The molecule has 0 fully saturated rings. The third-order valence-corrected chi connectivity index (χ3v) is 3.22. The maximum absolute atomic E-state index is 12.1. The van der Waals surface area contributed by atoms with Crippen LogP contribution in [0.4, 0.5) is 0 Å². The van der Waals surface area contributed by atoms with Gasteiger partial charge in [0.05, 0.1) is 12.5 Å². The van der Waals surface area contributed by atoms with Crippen LogP contribution in [0.1, 0.15) is 28.5 Å². The van der Waals surface area contributed by atoms with Gasteiger partial charge >= 0.3 is 5.97 Å². The molecule has 1 heterocycles. The van der Waals surface area contributed by atoms with Crippen molar-refractivity contribution in [3.63, 3.8) is 0 Å². The Balaban J connectivity index is 2.25. The van der Waals surface area contributed by atoms with Crippen molar-refractivity contribution in [1.29, 1.82) is 0 Å². The third kappa shape index (κ3) is 3.92. The number of hydrogen-bond donors (Lipinski definition) is 3. The molecular weight excluding hydrogens is 310 g/mol. The molecule has 1 aromatic heterocycles. The van der Waals surface area contributed by atoms with Gasteiger partial charge in [-0.15, -0.1) is 0 Å². The van der Waals surface area contributed by atoms with E-state index in [-0.39, 0.29) is 12.1 Å². The summed E-state index contributed by atoms with van der Waals surface area (Å²) in [6.45, 7) is 0. The Morgan fingerprint density at radius 3 is 2.59 bits per heavy atom. The smallest absolute Gasteiger partial charge is 0.305 e. The van der Waals surface area contributed by atoms with Gasteiger partial charge in [-0.2, -0.15) is 5.10 Å². The maximum atomic E-state index is 12.1. The number of H-pyrrole nitrogens is 1. The van der Waals surface area contributed by atoms with Crippen LogP contribution in [0.2, 0.25) is 5.02 Å². The minimum absolute atomic E-state index is 0.0259. The number of nitrogens with one attached hydrogen (secondary N) is 2. The van der Waals surface area contributed by atoms with Crippen LogP contribution in [0.25, 0.3) is 0 Å². The molecule has 0 unspecified atom stereocenters. The molecule has 0 radical (unpaired) electrons. The lowest BCUT2D eigenvalue weighted by molar-refractivity contribution is -0.137. The molecule has 0 saturated carbocycles. The van der Waals surface area contributed by atoms with Gasteiger partial charge in [0.25, 0.3) is 11.5 Å². The average molecular weight is 322 g/mol. The van der Waals surface area contributed by atoms with Gasteiger partial charge in [-0.25, -0.2) is 5.10 Å². The van der Waals surface area contributed by atoms with Gasteiger partial charge in [-0.1, -0.05) is 29.8 Å². The molecule has 1 atom stereocenters. The molecule has 3 N–H and O–H groups in total. The van der Waals surface area contributed by atoms with E-state index in [1.165, 1.54) is 6.07 Å². The minimum Gasteiger partial charge on any atom is -0.481 e. The number of rotatable bonds is 5. The molecule has 0 spiro atoms. The van der Waals surface area contributed by atoms with E-state index in [1.54, 1.807) is 24.3 Å². The molecule has 2 aromatic rings. The first-order chi connectivity index (χ1) is 10.5. The molecule has 22 heavy (non-hydrogen) atoms. The molecule has 1 aromatic carbocycles. The van der Waals surface area contributed by atoms with Crippen molar-refractivity contribution in [2.24, 2.45) is 0 Å². The number of carbonyl (C=O) groups excluding carboxylic acids is 1. The van der Waals surface area contributed by atoms with Crippen molar-refractivity contribution >= 4 is 23.5 Å². The molecule has 0 saturated heterocycles. The number of halogens is 1. The van der Waals surface area contributed by atoms with Crippen molar-refractivity contribution in [1.82, 2.24) is 15.5 Å². The Morgan fingerprint density at radius 1 is 1.27 bits per heavy atom. The molecule has 8 heteroatoms. The van der Waals surface area contributed by atoms with Gasteiger partial charge in [0, 0.05) is 11.1 Å². The van der Waals surface area contributed by atoms with Crippen LogP contribution in [-0.2, 0) is 4.79 Å². The van der Waals surface area contributed by atoms with E-state index in [2.05, 4.69) is 15.5 Å². The van der Waals surface area contributed by atoms with Crippen LogP contribution < -0.4 is 10.9 Å². The van der Waals surface area contributed by atoms with E-state index in [9.17, 15) is 14.4 Å². The standard InChI is InChI=1S/C14H12ClN3O4/c15-9-4-2-1-3-8(9)11(7-13(20)21)16-14(22)10-5-6-12(19)18-17-10/h1-6,11H,7H2,(H,16,22)(H,18,19)(H,20,21)/t11-/m1/s1. The summed E-state index contributed by atoms with van der Waals surface area (Å²) in [4.78, 5) is 34.0. The quantitative estimate of drug-likeness (QED) is 0.770. The number of carbonyl (C=O) groups is 2. The van der Waals surface area contributed by atoms with Crippen LogP contribution in [0.3, 0.4) is 0 Å². The Morgan fingerprint density at radius 2 is 2.00 bits per heavy atom. The number of benzene rings is 1. The zero-order valence-corrected chi connectivity index (χ0v) is 12.0. The lowest BCUT2D eigenvalue weighted by Crippen LogP contribution is -2.31. The second-order valence-corrected chi connectivity index (χ2v) is 4.86. The topological polar surface area (TPSA) is 112 Å². The molecule has 7 nitrogen and oxygen atoms in total. The molecule has 0 aliphatic heterocycles. The van der Waals surface area contributed by atoms with Gasteiger partial charge in [-0.05, 0) is 17.7 Å². The predicted molar refractivity (Wildman–Crippen MR) is 78.8 cm³/mol. The molecule has 0 aliphatic rings. The summed E-state index contributed by atoms with van der Waals surface area (Å²) in [5.41, 5.74) is 0.0242. The number of aliphatic carboxylic acids is 1. The maximum Gasteiger partial charge on any atom is 0.305 e. The van der Waals surface area contributed by atoms with E-state index in [4.69, 9.17) is 16.7 Å². The molecule has 2 rings (SSSR count). The summed E-state index contributed by atoms with van der Waals surface area (Å²) in [5, 5.41) is 17.6. The summed E-state index contributed by atoms with van der Waals surface area (Å²) < 4.78 is 0. The van der Waals surface area contributed by atoms with Crippen molar-refractivity contribution in [2.75, 3.05) is 0 Å². The normalized spacial score (nSPS) is 11.7. The third-order valence-electron chi connectivity index (χ3n) is 2.88. The number of nitrogens with zero attached hydrogens (tertiary/aromatic N) is 1. The summed E-state index contributed by atoms with van der Waals surface area (Å²) in [6.07, 6.45) is -0.334. The highest BCUT2D eigenvalue weighted by molar-refractivity contribution is 6.31. The van der Waals surface area contributed by atoms with E-state index >= 15 is 0 Å². The summed E-state index contributed by atoms with van der Waals surface area (Å²) in [5.74, 6) is -1.69. The van der Waals surface area contributed by atoms with Gasteiger partial charge in [0.15, 0.2) is 0 Å². The monoisotopic (exact) mass is 321 g/mol. The minimum atomic E-state index is -1.08. The van der Waals surface area contributed by atoms with E-state index in [1.807, 2.05) is 0 Å². The van der Waals surface area contributed by atoms with Crippen LogP contribution >= 0.6 is 11.6 Å². The lowest BCUT2D eigenvalue weighted by atomic mass is 10.0. The molecule has 0 aliphatic carbocycles. The fourth-order valence-corrected chi connectivity index (χ4v) is 2.14. The SMILES string of the molecule is O=C(O)C[C@@H](NC(=O)c1ccc(=O)[nH]n1)c1ccccc1Cl. The Bertz CT molecular complexity index is 739. The molecule has 114 valence electrons. The largest absolute Gasteiger partial charge is 0.481 e. The van der Waals surface area contributed by atoms with Crippen LogP contribution in [0.5, 0.6) is 0 Å². The molecule has 0 bridgehead atoms. The first-order valence-electron chi connectivity index (χ1n) is 6.30. The lowest BCUT2D eigenvalue weighted by Gasteiger charge is -2.18. The van der Waals surface area contributed by atoms with E-state index in [0.717, 1.165) is 6.07 Å². The van der Waals surface area contributed by atoms with Gasteiger partial charge in [-0.3, -0.25) is 14.4 Å². The number of hydrogen-bond acceptors (Lipinski definition) is 4. The van der Waals surface area contributed by atoms with Gasteiger partial charge in [0.2, 0.25) is 0 Å². The summed E-state index contributed by atoms with van der Waals surface area (Å²) >= 11 is 6.05. The highest BCUT2D eigenvalue weighted by Gasteiger charge is 2.21. The van der Waals surface area contributed by atoms with Gasteiger partial charge < -0.3 is 10.4 Å². The zero-order valence-electron chi connectivity index (χ0n) is 11.2. The van der Waals surface area contributed by atoms with E-state index in [0.29, 0.717) is 10.6 Å². The highest BCUT2D eigenvalue weighted by Crippen LogP contribution is 2.25. The van der Waals surface area contributed by atoms with Crippen LogP contribution in [0, 0.1) is 0 Å². The zero-order chi connectivity index (χ0) is 16.1. The van der Waals surface area contributed by atoms with Crippen LogP contribution in [0.15, 0.2) is 41.2 Å². The number of aromatic amines is 1. The number of amides is 1. The number of carboxylic acid groups (broad SMARTS) is 1. The van der Waals surface area contributed by atoms with E-state index < -0.39 is 23.5 Å².